The molecule has 1 aliphatic rings. The Morgan fingerprint density at radius 1 is 1.08 bits per heavy atom. The van der Waals surface area contributed by atoms with Crippen LogP contribution in [0.2, 0.25) is 0 Å². The first-order valence-corrected chi connectivity index (χ1v) is 9.42. The second-order valence-corrected chi connectivity index (χ2v) is 6.87. The maximum atomic E-state index is 12.2. The third-order valence-electron chi connectivity index (χ3n) is 4.89. The van der Waals surface area contributed by atoms with Gasteiger partial charge in [-0.1, -0.05) is 44.7 Å². The Morgan fingerprint density at radius 2 is 1.75 bits per heavy atom. The van der Waals surface area contributed by atoms with Gasteiger partial charge in [-0.2, -0.15) is 5.26 Å². The Balaban J connectivity index is 1.74. The van der Waals surface area contributed by atoms with Crippen LogP contribution in [0.25, 0.3) is 0 Å². The third kappa shape index (κ3) is 6.00. The molecule has 0 bridgehead atoms. The summed E-state index contributed by atoms with van der Waals surface area (Å²) in [7, 11) is 0. The molecule has 0 aromatic heterocycles. The summed E-state index contributed by atoms with van der Waals surface area (Å²) in [6, 6.07) is 10.2. The highest BCUT2D eigenvalue weighted by Gasteiger charge is 2.24. The highest BCUT2D eigenvalue weighted by atomic mass is 16.5. The van der Waals surface area contributed by atoms with Gasteiger partial charge >= 0.3 is 5.97 Å². The number of nitriles is 1. The van der Waals surface area contributed by atoms with E-state index < -0.39 is 0 Å². The number of esters is 1. The van der Waals surface area contributed by atoms with Gasteiger partial charge in [-0.15, -0.1) is 0 Å². The number of rotatable bonds is 8. The minimum absolute atomic E-state index is 0.0275. The quantitative estimate of drug-likeness (QED) is 0.472. The van der Waals surface area contributed by atoms with E-state index in [0.29, 0.717) is 5.56 Å². The molecule has 0 N–H and O–H groups in total. The summed E-state index contributed by atoms with van der Waals surface area (Å²) < 4.78 is 5.59. The molecule has 0 spiro atoms. The molecule has 1 aromatic rings. The molecular weight excluding hydrogens is 298 g/mol. The lowest BCUT2D eigenvalue weighted by atomic mass is 9.88. The van der Waals surface area contributed by atoms with Crippen molar-refractivity contribution in [2.24, 2.45) is 5.92 Å². The molecule has 3 heteroatoms. The van der Waals surface area contributed by atoms with Crippen molar-refractivity contribution in [3.8, 4) is 6.07 Å². The van der Waals surface area contributed by atoms with Gasteiger partial charge in [0, 0.05) is 5.92 Å². The van der Waals surface area contributed by atoms with Crippen LogP contribution < -0.4 is 0 Å². The van der Waals surface area contributed by atoms with Crippen LogP contribution in [0.3, 0.4) is 0 Å². The van der Waals surface area contributed by atoms with E-state index in [0.717, 1.165) is 32.1 Å². The third-order valence-corrected chi connectivity index (χ3v) is 4.89. The summed E-state index contributed by atoms with van der Waals surface area (Å²) in [4.78, 5) is 12.2. The number of hydrogen-bond acceptors (Lipinski definition) is 3. The van der Waals surface area contributed by atoms with E-state index in [1.165, 1.54) is 37.7 Å². The van der Waals surface area contributed by atoms with Gasteiger partial charge in [0.2, 0.25) is 0 Å². The number of benzene rings is 1. The lowest BCUT2D eigenvalue weighted by Gasteiger charge is -2.24. The van der Waals surface area contributed by atoms with Crippen molar-refractivity contribution in [2.75, 3.05) is 0 Å². The molecule has 1 fully saturated rings. The number of aryl methyl sites for hydroxylation is 1. The standard InChI is InChI=1S/C21H29NO2/c1-2-3-4-5-6-7-17-8-12-19(13-9-17)21(23)24-20-14-10-18(16-22)11-15-20/h8-9,12-13,18,20H,2-7,10-11,14-15H2,1H3/t18-,20-. The largest absolute Gasteiger partial charge is 0.459 e. The predicted octanol–water partition coefficient (Wildman–Crippen LogP) is 5.44. The van der Waals surface area contributed by atoms with Crippen LogP contribution in [0.4, 0.5) is 0 Å². The number of ether oxygens (including phenoxy) is 1. The molecule has 0 atom stereocenters. The van der Waals surface area contributed by atoms with E-state index >= 15 is 0 Å². The summed E-state index contributed by atoms with van der Waals surface area (Å²) in [5.41, 5.74) is 1.92. The summed E-state index contributed by atoms with van der Waals surface area (Å²) in [5.74, 6) is -0.0959. The van der Waals surface area contributed by atoms with Crippen LogP contribution in [-0.4, -0.2) is 12.1 Å². The van der Waals surface area contributed by atoms with E-state index in [1.54, 1.807) is 0 Å². The topological polar surface area (TPSA) is 50.1 Å². The van der Waals surface area contributed by atoms with E-state index in [1.807, 2.05) is 24.3 Å². The molecule has 0 amide bonds. The second kappa shape index (κ2) is 10.1. The van der Waals surface area contributed by atoms with Gasteiger partial charge in [-0.25, -0.2) is 4.79 Å². The van der Waals surface area contributed by atoms with Crippen LogP contribution in [0.5, 0.6) is 0 Å². The first kappa shape index (κ1) is 18.5. The van der Waals surface area contributed by atoms with E-state index in [-0.39, 0.29) is 18.0 Å². The zero-order chi connectivity index (χ0) is 17.2. The molecule has 0 unspecified atom stereocenters. The van der Waals surface area contributed by atoms with Crippen molar-refractivity contribution < 1.29 is 9.53 Å². The lowest BCUT2D eigenvalue weighted by Crippen LogP contribution is -2.24. The number of nitrogens with zero attached hydrogens (tertiary/aromatic N) is 1. The van der Waals surface area contributed by atoms with E-state index in [2.05, 4.69) is 13.0 Å². The molecule has 3 nitrogen and oxygen atoms in total. The minimum atomic E-state index is -0.232. The zero-order valence-electron chi connectivity index (χ0n) is 14.8. The normalized spacial score (nSPS) is 20.3. The van der Waals surface area contributed by atoms with Gasteiger partial charge in [0.25, 0.3) is 0 Å². The van der Waals surface area contributed by atoms with Crippen LogP contribution in [0.1, 0.15) is 80.6 Å². The van der Waals surface area contributed by atoms with Crippen molar-refractivity contribution in [2.45, 2.75) is 77.2 Å². The van der Waals surface area contributed by atoms with Crippen molar-refractivity contribution in [3.05, 3.63) is 35.4 Å². The van der Waals surface area contributed by atoms with Gasteiger partial charge in [-0.3, -0.25) is 0 Å². The lowest BCUT2D eigenvalue weighted by molar-refractivity contribution is 0.0187. The molecular formula is C21H29NO2. The Kier molecular flexibility index (Phi) is 7.82. The minimum Gasteiger partial charge on any atom is -0.459 e. The van der Waals surface area contributed by atoms with Crippen LogP contribution >= 0.6 is 0 Å². The second-order valence-electron chi connectivity index (χ2n) is 6.87. The van der Waals surface area contributed by atoms with Crippen LogP contribution in [0, 0.1) is 17.2 Å². The van der Waals surface area contributed by atoms with Crippen LogP contribution in [0.15, 0.2) is 24.3 Å². The zero-order valence-corrected chi connectivity index (χ0v) is 14.8. The van der Waals surface area contributed by atoms with E-state index in [9.17, 15) is 4.79 Å². The van der Waals surface area contributed by atoms with Crippen molar-refractivity contribution >= 4 is 5.97 Å². The fourth-order valence-electron chi connectivity index (χ4n) is 3.27. The van der Waals surface area contributed by atoms with Crippen molar-refractivity contribution in [3.63, 3.8) is 0 Å². The molecule has 0 aliphatic heterocycles. The molecule has 0 saturated heterocycles. The molecule has 2 rings (SSSR count). The average molecular weight is 327 g/mol. The SMILES string of the molecule is CCCCCCCc1ccc(C(=O)O[C@H]2CC[C@H](C#N)CC2)cc1. The van der Waals surface area contributed by atoms with Crippen LogP contribution in [-0.2, 0) is 11.2 Å². The Morgan fingerprint density at radius 3 is 2.38 bits per heavy atom. The summed E-state index contributed by atoms with van der Waals surface area (Å²) in [6.07, 6.45) is 10.7. The van der Waals surface area contributed by atoms with Gasteiger partial charge in [0.05, 0.1) is 11.6 Å². The highest BCUT2D eigenvalue weighted by molar-refractivity contribution is 5.89. The molecule has 24 heavy (non-hydrogen) atoms. The monoisotopic (exact) mass is 327 g/mol. The van der Waals surface area contributed by atoms with E-state index in [4.69, 9.17) is 10.00 Å². The number of carbonyl (C=O) groups is 1. The molecule has 0 radical (unpaired) electrons. The average Bonchev–Trinajstić information content (AvgIpc) is 2.62. The van der Waals surface area contributed by atoms with Crippen molar-refractivity contribution in [1.29, 1.82) is 5.26 Å². The fourth-order valence-corrected chi connectivity index (χ4v) is 3.27. The molecule has 1 aliphatic carbocycles. The first-order valence-electron chi connectivity index (χ1n) is 9.42. The Labute approximate surface area is 146 Å². The van der Waals surface area contributed by atoms with Crippen molar-refractivity contribution in [1.82, 2.24) is 0 Å². The maximum absolute atomic E-state index is 12.2. The number of unbranched alkanes of at least 4 members (excludes halogenated alkanes) is 4. The number of hydrogen-bond donors (Lipinski definition) is 0. The summed E-state index contributed by atoms with van der Waals surface area (Å²) >= 11 is 0. The summed E-state index contributed by atoms with van der Waals surface area (Å²) in [6.45, 7) is 2.23. The maximum Gasteiger partial charge on any atom is 0.338 e. The van der Waals surface area contributed by atoms with Gasteiger partial charge < -0.3 is 4.74 Å². The predicted molar refractivity (Wildman–Crippen MR) is 95.7 cm³/mol. The molecule has 1 aromatic carbocycles. The van der Waals surface area contributed by atoms with Gasteiger partial charge in [0.1, 0.15) is 6.10 Å². The molecule has 0 heterocycles. The Hall–Kier alpha value is -1.82. The Bertz CT molecular complexity index is 536. The molecule has 130 valence electrons. The van der Waals surface area contributed by atoms with Gasteiger partial charge in [-0.05, 0) is 56.2 Å². The smallest absolute Gasteiger partial charge is 0.338 e. The van der Waals surface area contributed by atoms with Gasteiger partial charge in [0.15, 0.2) is 0 Å². The number of carbonyl (C=O) groups excluding carboxylic acids is 1. The molecule has 1 saturated carbocycles. The summed E-state index contributed by atoms with van der Waals surface area (Å²) in [5, 5.41) is 8.91. The fraction of sp³-hybridized carbons (Fsp3) is 0.619. The highest BCUT2D eigenvalue weighted by Crippen LogP contribution is 2.26. The first-order chi connectivity index (χ1) is 11.7.